The van der Waals surface area contributed by atoms with Crippen LogP contribution in [0.5, 0.6) is 0 Å². The molecule has 0 radical (unpaired) electrons. The number of hydrogen-bond acceptors (Lipinski definition) is 2. The Bertz CT molecular complexity index is 97.1. The molecule has 1 heterocycles. The number of nitrogens with one attached hydrogen (secondary N) is 1. The molecule has 12 heavy (non-hydrogen) atoms. The van der Waals surface area contributed by atoms with Gasteiger partial charge in [-0.05, 0) is 19.5 Å². The highest BCUT2D eigenvalue weighted by molar-refractivity contribution is 5.85. The highest BCUT2D eigenvalue weighted by atomic mass is 35.5. The van der Waals surface area contributed by atoms with E-state index in [2.05, 4.69) is 24.1 Å². The van der Waals surface area contributed by atoms with Gasteiger partial charge in [-0.2, -0.15) is 0 Å². The Morgan fingerprint density at radius 2 is 1.83 bits per heavy atom. The standard InChI is InChI=1S/C8H18N2.2ClH/c1-3-5-10(4-2)8-6-9-7-8;;/h8-9H,3-7H2,1-2H3;2*1H. The molecule has 1 fully saturated rings. The molecule has 0 aliphatic carbocycles. The Morgan fingerprint density at radius 3 is 2.08 bits per heavy atom. The highest BCUT2D eigenvalue weighted by Crippen LogP contribution is 2.04. The Morgan fingerprint density at radius 1 is 1.25 bits per heavy atom. The Balaban J connectivity index is 0. The van der Waals surface area contributed by atoms with E-state index in [4.69, 9.17) is 0 Å². The topological polar surface area (TPSA) is 15.3 Å². The van der Waals surface area contributed by atoms with Gasteiger partial charge in [0, 0.05) is 19.1 Å². The van der Waals surface area contributed by atoms with Gasteiger partial charge in [0.25, 0.3) is 0 Å². The molecular formula is C8H20Cl2N2. The molecule has 0 aromatic heterocycles. The van der Waals surface area contributed by atoms with E-state index in [0.717, 1.165) is 6.04 Å². The van der Waals surface area contributed by atoms with Gasteiger partial charge in [0.05, 0.1) is 0 Å². The van der Waals surface area contributed by atoms with Gasteiger partial charge >= 0.3 is 0 Å². The van der Waals surface area contributed by atoms with Gasteiger partial charge in [-0.15, -0.1) is 24.8 Å². The number of nitrogens with zero attached hydrogens (tertiary/aromatic N) is 1. The van der Waals surface area contributed by atoms with Crippen LogP contribution in [0.15, 0.2) is 0 Å². The smallest absolute Gasteiger partial charge is 0.0345 e. The second kappa shape index (κ2) is 8.11. The van der Waals surface area contributed by atoms with Crippen molar-refractivity contribution in [1.29, 1.82) is 0 Å². The predicted molar refractivity (Wildman–Crippen MR) is 58.7 cm³/mol. The van der Waals surface area contributed by atoms with Gasteiger partial charge in [-0.3, -0.25) is 4.90 Å². The van der Waals surface area contributed by atoms with Crippen LogP contribution >= 0.6 is 24.8 Å². The van der Waals surface area contributed by atoms with Crippen molar-refractivity contribution in [3.63, 3.8) is 0 Å². The highest BCUT2D eigenvalue weighted by Gasteiger charge is 2.21. The van der Waals surface area contributed by atoms with Crippen molar-refractivity contribution < 1.29 is 0 Å². The molecule has 0 aromatic rings. The lowest BCUT2D eigenvalue weighted by Gasteiger charge is -2.37. The minimum atomic E-state index is 0. The van der Waals surface area contributed by atoms with Crippen LogP contribution in [-0.2, 0) is 0 Å². The van der Waals surface area contributed by atoms with Crippen LogP contribution in [0.2, 0.25) is 0 Å². The molecule has 1 saturated heterocycles. The Hall–Kier alpha value is 0.500. The molecule has 0 spiro atoms. The molecule has 0 atom stereocenters. The fraction of sp³-hybridized carbons (Fsp3) is 1.00. The summed E-state index contributed by atoms with van der Waals surface area (Å²) < 4.78 is 0. The van der Waals surface area contributed by atoms with Crippen LogP contribution in [0.1, 0.15) is 20.3 Å². The Kier molecular flexibility index (Phi) is 10.1. The zero-order chi connectivity index (χ0) is 7.40. The largest absolute Gasteiger partial charge is 0.314 e. The molecule has 76 valence electrons. The first-order valence-electron chi connectivity index (χ1n) is 4.33. The number of hydrogen-bond donors (Lipinski definition) is 1. The van der Waals surface area contributed by atoms with Crippen LogP contribution in [0, 0.1) is 0 Å². The van der Waals surface area contributed by atoms with E-state index < -0.39 is 0 Å². The number of rotatable bonds is 4. The summed E-state index contributed by atoms with van der Waals surface area (Å²) in [6, 6.07) is 0.838. The minimum absolute atomic E-state index is 0. The fourth-order valence-corrected chi connectivity index (χ4v) is 1.42. The monoisotopic (exact) mass is 214 g/mol. The van der Waals surface area contributed by atoms with Crippen LogP contribution < -0.4 is 5.32 Å². The summed E-state index contributed by atoms with van der Waals surface area (Å²) in [5.41, 5.74) is 0. The normalized spacial score (nSPS) is 16.2. The van der Waals surface area contributed by atoms with Crippen LogP contribution in [-0.4, -0.2) is 37.1 Å². The molecule has 0 unspecified atom stereocenters. The maximum absolute atomic E-state index is 3.29. The molecule has 4 heteroatoms. The zero-order valence-electron chi connectivity index (χ0n) is 7.88. The molecule has 0 amide bonds. The lowest BCUT2D eigenvalue weighted by Crippen LogP contribution is -2.57. The quantitative estimate of drug-likeness (QED) is 0.765. The van der Waals surface area contributed by atoms with E-state index >= 15 is 0 Å². The van der Waals surface area contributed by atoms with Gasteiger partial charge < -0.3 is 5.32 Å². The fourth-order valence-electron chi connectivity index (χ4n) is 1.42. The van der Waals surface area contributed by atoms with Crippen molar-refractivity contribution >= 4 is 24.8 Å². The third kappa shape index (κ3) is 3.94. The van der Waals surface area contributed by atoms with Crippen molar-refractivity contribution in [2.45, 2.75) is 26.3 Å². The van der Waals surface area contributed by atoms with Crippen molar-refractivity contribution in [1.82, 2.24) is 10.2 Å². The van der Waals surface area contributed by atoms with Gasteiger partial charge in [-0.1, -0.05) is 13.8 Å². The molecule has 0 saturated carbocycles. The molecule has 1 aliphatic rings. The minimum Gasteiger partial charge on any atom is -0.314 e. The molecule has 0 aromatic carbocycles. The van der Waals surface area contributed by atoms with E-state index in [1.807, 2.05) is 0 Å². The van der Waals surface area contributed by atoms with Crippen LogP contribution in [0.25, 0.3) is 0 Å². The summed E-state index contributed by atoms with van der Waals surface area (Å²) in [4.78, 5) is 2.55. The van der Waals surface area contributed by atoms with Crippen LogP contribution in [0.3, 0.4) is 0 Å². The summed E-state index contributed by atoms with van der Waals surface area (Å²) in [5.74, 6) is 0. The SMILES string of the molecule is CCCN(CC)C1CNC1.Cl.Cl. The molecule has 2 nitrogen and oxygen atoms in total. The summed E-state index contributed by atoms with van der Waals surface area (Å²) in [6.07, 6.45) is 1.28. The third-order valence-corrected chi connectivity index (χ3v) is 2.19. The zero-order valence-corrected chi connectivity index (χ0v) is 9.51. The lowest BCUT2D eigenvalue weighted by molar-refractivity contribution is 0.153. The first-order chi connectivity index (χ1) is 4.88. The number of halogens is 2. The van der Waals surface area contributed by atoms with Gasteiger partial charge in [0.1, 0.15) is 0 Å². The van der Waals surface area contributed by atoms with E-state index in [1.165, 1.54) is 32.6 Å². The predicted octanol–water partition coefficient (Wildman–Crippen LogP) is 1.53. The second-order valence-corrected chi connectivity index (χ2v) is 2.94. The molecule has 1 aliphatic heterocycles. The van der Waals surface area contributed by atoms with Gasteiger partial charge in [0.2, 0.25) is 0 Å². The summed E-state index contributed by atoms with van der Waals surface area (Å²) in [6.45, 7) is 9.37. The van der Waals surface area contributed by atoms with Crippen molar-refractivity contribution in [2.24, 2.45) is 0 Å². The lowest BCUT2D eigenvalue weighted by atomic mass is 10.1. The maximum atomic E-state index is 3.29. The second-order valence-electron chi connectivity index (χ2n) is 2.94. The van der Waals surface area contributed by atoms with Crippen molar-refractivity contribution in [2.75, 3.05) is 26.2 Å². The molecule has 1 N–H and O–H groups in total. The molecule has 0 bridgehead atoms. The average Bonchev–Trinajstić information content (AvgIpc) is 1.83. The summed E-state index contributed by atoms with van der Waals surface area (Å²) in [5, 5.41) is 3.29. The van der Waals surface area contributed by atoms with E-state index in [1.54, 1.807) is 0 Å². The average molecular weight is 215 g/mol. The van der Waals surface area contributed by atoms with Crippen molar-refractivity contribution in [3.05, 3.63) is 0 Å². The third-order valence-electron chi connectivity index (χ3n) is 2.19. The maximum Gasteiger partial charge on any atom is 0.0345 e. The van der Waals surface area contributed by atoms with Crippen molar-refractivity contribution in [3.8, 4) is 0 Å². The van der Waals surface area contributed by atoms with E-state index in [-0.39, 0.29) is 24.8 Å². The summed E-state index contributed by atoms with van der Waals surface area (Å²) in [7, 11) is 0. The number of likely N-dealkylation sites (N-methyl/N-ethyl adjacent to an activating group) is 1. The van der Waals surface area contributed by atoms with E-state index in [9.17, 15) is 0 Å². The van der Waals surface area contributed by atoms with Crippen LogP contribution in [0.4, 0.5) is 0 Å². The van der Waals surface area contributed by atoms with Gasteiger partial charge in [0.15, 0.2) is 0 Å². The summed E-state index contributed by atoms with van der Waals surface area (Å²) >= 11 is 0. The Labute approximate surface area is 87.9 Å². The van der Waals surface area contributed by atoms with E-state index in [0.29, 0.717) is 0 Å². The molecular weight excluding hydrogens is 195 g/mol. The van der Waals surface area contributed by atoms with Gasteiger partial charge in [-0.25, -0.2) is 0 Å². The first kappa shape index (κ1) is 15.0. The molecule has 1 rings (SSSR count). The first-order valence-corrected chi connectivity index (χ1v) is 4.33.